The number of benzene rings is 2. The van der Waals surface area contributed by atoms with Gasteiger partial charge in [0.15, 0.2) is 0 Å². The summed E-state index contributed by atoms with van der Waals surface area (Å²) in [5, 5.41) is 11.6. The third kappa shape index (κ3) is 2.76. The Kier molecular flexibility index (Phi) is 4.12. The van der Waals surface area contributed by atoms with Crippen LogP contribution in [-0.2, 0) is 0 Å². The van der Waals surface area contributed by atoms with Crippen molar-refractivity contribution in [3.8, 4) is 5.75 Å². The van der Waals surface area contributed by atoms with Gasteiger partial charge in [-0.25, -0.2) is 0 Å². The Labute approximate surface area is 134 Å². The summed E-state index contributed by atoms with van der Waals surface area (Å²) in [6.45, 7) is 0.965. The Bertz CT molecular complexity index is 659. The molecule has 2 atom stereocenters. The molecule has 0 amide bonds. The second-order valence-electron chi connectivity index (χ2n) is 5.55. The molecular formula is C17H17Cl2NO. The molecule has 0 saturated carbocycles. The molecule has 4 heteroatoms. The minimum Gasteiger partial charge on any atom is -0.508 e. The summed E-state index contributed by atoms with van der Waals surface area (Å²) < 4.78 is 0. The fourth-order valence-corrected chi connectivity index (χ4v) is 3.69. The van der Waals surface area contributed by atoms with Crippen molar-refractivity contribution >= 4 is 23.2 Å². The number of likely N-dealkylation sites (tertiary alicyclic amines) is 1. The molecule has 21 heavy (non-hydrogen) atoms. The summed E-state index contributed by atoms with van der Waals surface area (Å²) in [4.78, 5) is 2.28. The average molecular weight is 322 g/mol. The van der Waals surface area contributed by atoms with E-state index in [2.05, 4.69) is 18.0 Å². The van der Waals surface area contributed by atoms with Gasteiger partial charge in [-0.3, -0.25) is 4.90 Å². The molecule has 2 nitrogen and oxygen atoms in total. The predicted molar refractivity (Wildman–Crippen MR) is 87.3 cm³/mol. The molecule has 2 aromatic carbocycles. The Morgan fingerprint density at radius 2 is 1.86 bits per heavy atom. The van der Waals surface area contributed by atoms with E-state index < -0.39 is 0 Å². The van der Waals surface area contributed by atoms with Gasteiger partial charge in [-0.1, -0.05) is 41.4 Å². The quantitative estimate of drug-likeness (QED) is 0.853. The van der Waals surface area contributed by atoms with Gasteiger partial charge in [0.2, 0.25) is 0 Å². The van der Waals surface area contributed by atoms with Crippen LogP contribution < -0.4 is 0 Å². The van der Waals surface area contributed by atoms with Crippen LogP contribution in [-0.4, -0.2) is 23.6 Å². The number of halogens is 2. The van der Waals surface area contributed by atoms with E-state index in [0.29, 0.717) is 10.8 Å². The minimum absolute atomic E-state index is 0.156. The van der Waals surface area contributed by atoms with E-state index in [1.807, 2.05) is 24.3 Å². The van der Waals surface area contributed by atoms with Crippen molar-refractivity contribution in [3.63, 3.8) is 0 Å². The SMILES string of the molecule is CN1CC[C@H](c2cc(Cl)ccc2O)[C@H]1c1ccccc1Cl. The zero-order chi connectivity index (χ0) is 15.0. The van der Waals surface area contributed by atoms with Gasteiger partial charge in [-0.2, -0.15) is 0 Å². The van der Waals surface area contributed by atoms with Crippen LogP contribution in [0.2, 0.25) is 10.0 Å². The Hall–Kier alpha value is -1.22. The second kappa shape index (κ2) is 5.88. The topological polar surface area (TPSA) is 23.5 Å². The van der Waals surface area contributed by atoms with Gasteiger partial charge in [-0.05, 0) is 49.8 Å². The summed E-state index contributed by atoms with van der Waals surface area (Å²) in [5.41, 5.74) is 2.00. The lowest BCUT2D eigenvalue weighted by Crippen LogP contribution is -2.20. The first kappa shape index (κ1) is 14.7. The smallest absolute Gasteiger partial charge is 0.119 e. The Morgan fingerprint density at radius 1 is 1.10 bits per heavy atom. The van der Waals surface area contributed by atoms with Crippen molar-refractivity contribution in [3.05, 3.63) is 63.6 Å². The maximum Gasteiger partial charge on any atom is 0.119 e. The molecule has 0 aromatic heterocycles. The fourth-order valence-electron chi connectivity index (χ4n) is 3.26. The molecule has 1 aliphatic rings. The third-order valence-electron chi connectivity index (χ3n) is 4.26. The lowest BCUT2D eigenvalue weighted by Gasteiger charge is -2.27. The highest BCUT2D eigenvalue weighted by molar-refractivity contribution is 6.31. The number of hydrogen-bond donors (Lipinski definition) is 1. The van der Waals surface area contributed by atoms with E-state index in [0.717, 1.165) is 29.1 Å². The summed E-state index contributed by atoms with van der Waals surface area (Å²) in [7, 11) is 2.09. The van der Waals surface area contributed by atoms with Crippen molar-refractivity contribution in [1.29, 1.82) is 0 Å². The van der Waals surface area contributed by atoms with E-state index in [1.165, 1.54) is 0 Å². The van der Waals surface area contributed by atoms with Crippen LogP contribution in [0.5, 0.6) is 5.75 Å². The molecule has 2 aromatic rings. The molecule has 110 valence electrons. The van der Waals surface area contributed by atoms with E-state index in [9.17, 15) is 5.11 Å². The maximum absolute atomic E-state index is 10.2. The molecule has 0 bridgehead atoms. The van der Waals surface area contributed by atoms with E-state index >= 15 is 0 Å². The molecule has 1 N–H and O–H groups in total. The van der Waals surface area contributed by atoms with Crippen LogP contribution >= 0.6 is 23.2 Å². The molecule has 1 fully saturated rings. The standard InChI is InChI=1S/C17H17Cl2NO/c1-20-9-8-12(14-10-11(18)6-7-16(14)21)17(20)13-4-2-3-5-15(13)19/h2-7,10,12,17,21H,8-9H2,1H3/t12-,17+/m1/s1. The predicted octanol–water partition coefficient (Wildman–Crippen LogP) is 4.86. The molecule has 0 radical (unpaired) electrons. The van der Waals surface area contributed by atoms with Gasteiger partial charge in [-0.15, -0.1) is 0 Å². The lowest BCUT2D eigenvalue weighted by molar-refractivity contribution is 0.301. The number of hydrogen-bond acceptors (Lipinski definition) is 2. The second-order valence-corrected chi connectivity index (χ2v) is 6.39. The van der Waals surface area contributed by atoms with Gasteiger partial charge >= 0.3 is 0 Å². The van der Waals surface area contributed by atoms with Gasteiger partial charge in [0.1, 0.15) is 5.75 Å². The van der Waals surface area contributed by atoms with Crippen LogP contribution in [0.15, 0.2) is 42.5 Å². The highest BCUT2D eigenvalue weighted by atomic mass is 35.5. The molecule has 3 rings (SSSR count). The minimum atomic E-state index is 0.156. The first-order valence-electron chi connectivity index (χ1n) is 7.01. The number of aromatic hydroxyl groups is 1. The molecule has 0 spiro atoms. The van der Waals surface area contributed by atoms with Gasteiger partial charge in [0.05, 0.1) is 0 Å². The van der Waals surface area contributed by atoms with E-state index in [-0.39, 0.29) is 12.0 Å². The molecule has 0 aliphatic carbocycles. The normalized spacial score (nSPS) is 22.6. The van der Waals surface area contributed by atoms with Crippen LogP contribution in [0.1, 0.15) is 29.5 Å². The van der Waals surface area contributed by atoms with Crippen LogP contribution in [0.3, 0.4) is 0 Å². The first-order valence-corrected chi connectivity index (χ1v) is 7.76. The van der Waals surface area contributed by atoms with Gasteiger partial charge in [0, 0.05) is 27.6 Å². The number of likely N-dealkylation sites (N-methyl/N-ethyl adjacent to an activating group) is 1. The summed E-state index contributed by atoms with van der Waals surface area (Å²) in [6, 6.07) is 13.3. The van der Waals surface area contributed by atoms with Gasteiger partial charge < -0.3 is 5.11 Å². The zero-order valence-electron chi connectivity index (χ0n) is 11.8. The maximum atomic E-state index is 10.2. The first-order chi connectivity index (χ1) is 10.1. The van der Waals surface area contributed by atoms with Crippen LogP contribution in [0, 0.1) is 0 Å². The molecule has 1 saturated heterocycles. The molecule has 0 unspecified atom stereocenters. The Balaban J connectivity index is 2.06. The zero-order valence-corrected chi connectivity index (χ0v) is 13.3. The summed E-state index contributed by atoms with van der Waals surface area (Å²) in [5.74, 6) is 0.491. The van der Waals surface area contributed by atoms with Crippen molar-refractivity contribution in [1.82, 2.24) is 4.90 Å². The van der Waals surface area contributed by atoms with E-state index in [1.54, 1.807) is 12.1 Å². The number of phenols is 1. The van der Waals surface area contributed by atoms with Gasteiger partial charge in [0.25, 0.3) is 0 Å². The highest BCUT2D eigenvalue weighted by Crippen LogP contribution is 2.47. The lowest BCUT2D eigenvalue weighted by atomic mass is 9.87. The number of rotatable bonds is 2. The van der Waals surface area contributed by atoms with Crippen molar-refractivity contribution < 1.29 is 5.11 Å². The van der Waals surface area contributed by atoms with Crippen molar-refractivity contribution in [2.24, 2.45) is 0 Å². The highest BCUT2D eigenvalue weighted by Gasteiger charge is 2.36. The number of nitrogens with zero attached hydrogens (tertiary/aromatic N) is 1. The van der Waals surface area contributed by atoms with Crippen molar-refractivity contribution in [2.45, 2.75) is 18.4 Å². The Morgan fingerprint density at radius 3 is 2.62 bits per heavy atom. The van der Waals surface area contributed by atoms with E-state index in [4.69, 9.17) is 23.2 Å². The largest absolute Gasteiger partial charge is 0.508 e. The molecule has 1 aliphatic heterocycles. The third-order valence-corrected chi connectivity index (χ3v) is 4.84. The molecule has 1 heterocycles. The molecular weight excluding hydrogens is 305 g/mol. The summed E-state index contributed by atoms with van der Waals surface area (Å²) in [6.07, 6.45) is 0.973. The van der Waals surface area contributed by atoms with Crippen LogP contribution in [0.25, 0.3) is 0 Å². The fraction of sp³-hybridized carbons (Fsp3) is 0.294. The average Bonchev–Trinajstić information content (AvgIpc) is 2.84. The van der Waals surface area contributed by atoms with Crippen LogP contribution in [0.4, 0.5) is 0 Å². The van der Waals surface area contributed by atoms with Crippen molar-refractivity contribution in [2.75, 3.05) is 13.6 Å². The number of phenolic OH excluding ortho intramolecular Hbond substituents is 1. The summed E-state index contributed by atoms with van der Waals surface area (Å²) >= 11 is 12.5. The monoisotopic (exact) mass is 321 g/mol.